The monoisotopic (exact) mass is 588 g/mol. The lowest BCUT2D eigenvalue weighted by Gasteiger charge is -2.38. The van der Waals surface area contributed by atoms with E-state index in [1.165, 1.54) is 0 Å². The van der Waals surface area contributed by atoms with E-state index in [0.717, 1.165) is 26.1 Å². The second-order valence-corrected chi connectivity index (χ2v) is 13.6. The number of hydrogen-bond acceptors (Lipinski definition) is 7. The van der Waals surface area contributed by atoms with E-state index in [9.17, 15) is 19.5 Å². The van der Waals surface area contributed by atoms with Crippen LogP contribution in [0.3, 0.4) is 0 Å². The van der Waals surface area contributed by atoms with Crippen LogP contribution < -0.4 is 10.6 Å². The Hall–Kier alpha value is -0.880. The fourth-order valence-corrected chi connectivity index (χ4v) is 10.1. The Balaban J connectivity index is 1.61. The van der Waals surface area contributed by atoms with Crippen molar-refractivity contribution in [3.63, 3.8) is 0 Å². The molecule has 9 nitrogen and oxygen atoms in total. The first kappa shape index (κ1) is 28.1. The molecule has 0 aromatic heterocycles. The number of rotatable bonds is 11. The molecule has 7 atom stereocenters. The number of fused-ring (bicyclic) bond motifs is 1. The predicted molar refractivity (Wildman–Crippen MR) is 143 cm³/mol. The van der Waals surface area contributed by atoms with Crippen molar-refractivity contribution in [2.75, 3.05) is 52.5 Å². The van der Waals surface area contributed by atoms with Crippen LogP contribution in [-0.2, 0) is 19.1 Å². The zero-order chi connectivity index (χ0) is 26.0. The van der Waals surface area contributed by atoms with E-state index in [0.29, 0.717) is 39.1 Å². The van der Waals surface area contributed by atoms with Gasteiger partial charge < -0.3 is 25.4 Å². The summed E-state index contributed by atoms with van der Waals surface area (Å²) < 4.78 is 4.73. The highest BCUT2D eigenvalue weighted by Crippen LogP contribution is 2.68. The molecule has 3 amide bonds. The van der Waals surface area contributed by atoms with E-state index >= 15 is 0 Å². The zero-order valence-electron chi connectivity index (χ0n) is 21.6. The lowest BCUT2D eigenvalue weighted by Crippen LogP contribution is -2.57. The number of carbonyl (C=O) groups excluding carboxylic acids is 3. The molecular weight excluding hydrogens is 548 g/mol. The number of nitrogens with zero attached hydrogens (tertiary/aromatic N) is 2. The molecule has 0 saturated carbocycles. The summed E-state index contributed by atoms with van der Waals surface area (Å²) in [5.41, 5.74) is 0. The number of carbonyl (C=O) groups is 3. The fraction of sp³-hybridized carbons (Fsp3) is 0.880. The Morgan fingerprint density at radius 1 is 1.22 bits per heavy atom. The van der Waals surface area contributed by atoms with Gasteiger partial charge in [0.1, 0.15) is 6.04 Å². The van der Waals surface area contributed by atoms with Crippen LogP contribution in [0.2, 0.25) is 0 Å². The van der Waals surface area contributed by atoms with Crippen molar-refractivity contribution >= 4 is 45.4 Å². The Kier molecular flexibility index (Phi) is 9.29. The number of likely N-dealkylation sites (tertiary alicyclic amines) is 1. The highest BCUT2D eigenvalue weighted by Gasteiger charge is 2.76. The third kappa shape index (κ3) is 5.19. The summed E-state index contributed by atoms with van der Waals surface area (Å²) in [5.74, 6) is -1.24. The highest BCUT2D eigenvalue weighted by molar-refractivity contribution is 9.09. The lowest BCUT2D eigenvalue weighted by atomic mass is 9.70. The van der Waals surface area contributed by atoms with E-state index in [4.69, 9.17) is 4.74 Å². The fourth-order valence-electron chi connectivity index (χ4n) is 6.50. The third-order valence-corrected chi connectivity index (χ3v) is 11.2. The molecule has 4 aliphatic rings. The number of halogens is 1. The summed E-state index contributed by atoms with van der Waals surface area (Å²) in [6, 6.07) is -1.17. The number of aliphatic hydroxyl groups is 1. The van der Waals surface area contributed by atoms with Gasteiger partial charge in [0.2, 0.25) is 17.7 Å². The largest absolute Gasteiger partial charge is 0.394 e. The molecule has 204 valence electrons. The molecule has 2 bridgehead atoms. The number of hydrogen-bond donors (Lipinski definition) is 3. The first-order valence-electron chi connectivity index (χ1n) is 13.4. The van der Waals surface area contributed by atoms with Gasteiger partial charge >= 0.3 is 0 Å². The molecule has 0 aliphatic carbocycles. The SMILES string of the molecule is CCCNC(=O)[C@H]1[C@@H]2SC3(CC2Br)C(C(=O)NCCN2CCOCC2)N([C@@H](CO)CC(C)C)C(=O)[C@H]13. The first-order valence-corrected chi connectivity index (χ1v) is 15.1. The Labute approximate surface area is 226 Å². The molecule has 0 aromatic carbocycles. The number of amides is 3. The maximum Gasteiger partial charge on any atom is 0.244 e. The van der Waals surface area contributed by atoms with Crippen molar-refractivity contribution in [3.05, 3.63) is 0 Å². The van der Waals surface area contributed by atoms with Gasteiger partial charge in [0.25, 0.3) is 0 Å². The minimum absolute atomic E-state index is 0.0465. The van der Waals surface area contributed by atoms with Crippen molar-refractivity contribution < 1.29 is 24.2 Å². The standard InChI is InChI=1S/C25H41BrN4O5S/c1-4-5-27-22(32)18-19-24(34)30(16(14-31)12-15(2)3)21(25(19)13-17(26)20(18)36-25)23(33)28-6-7-29-8-10-35-11-9-29/h15-21,31H,4-14H2,1-3H3,(H,27,32)(H,28,33)/t16-,17?,18-,19+,20-,21?,25?/m1/s1. The van der Waals surface area contributed by atoms with Crippen LogP contribution in [0, 0.1) is 17.8 Å². The molecule has 4 aliphatic heterocycles. The third-order valence-electron chi connectivity index (χ3n) is 8.01. The average Bonchev–Trinajstić information content (AvgIpc) is 3.45. The van der Waals surface area contributed by atoms with Crippen molar-refractivity contribution in [2.45, 2.75) is 66.9 Å². The first-order chi connectivity index (χ1) is 17.2. The molecule has 1 spiro atoms. The molecule has 4 rings (SSSR count). The van der Waals surface area contributed by atoms with Gasteiger partial charge in [-0.25, -0.2) is 0 Å². The lowest BCUT2D eigenvalue weighted by molar-refractivity contribution is -0.143. The molecule has 0 aromatic rings. The zero-order valence-corrected chi connectivity index (χ0v) is 24.0. The molecule has 4 saturated heterocycles. The summed E-state index contributed by atoms with van der Waals surface area (Å²) in [7, 11) is 0. The Morgan fingerprint density at radius 3 is 2.56 bits per heavy atom. The summed E-state index contributed by atoms with van der Waals surface area (Å²) in [6.45, 7) is 10.7. The normalized spacial score (nSPS) is 34.8. The van der Waals surface area contributed by atoms with Crippen molar-refractivity contribution in [3.8, 4) is 0 Å². The van der Waals surface area contributed by atoms with Gasteiger partial charge in [-0.1, -0.05) is 36.7 Å². The van der Waals surface area contributed by atoms with Gasteiger partial charge in [0.05, 0.1) is 42.4 Å². The topological polar surface area (TPSA) is 111 Å². The van der Waals surface area contributed by atoms with Crippen molar-refractivity contribution in [2.24, 2.45) is 17.8 Å². The Bertz CT molecular complexity index is 828. The van der Waals surface area contributed by atoms with Crippen LogP contribution in [0.5, 0.6) is 0 Å². The summed E-state index contributed by atoms with van der Waals surface area (Å²) in [4.78, 5) is 45.2. The number of nitrogens with one attached hydrogen (secondary N) is 2. The predicted octanol–water partition coefficient (Wildman–Crippen LogP) is 0.833. The molecule has 3 unspecified atom stereocenters. The molecule has 4 heterocycles. The molecule has 3 N–H and O–H groups in total. The summed E-state index contributed by atoms with van der Waals surface area (Å²) >= 11 is 5.43. The molecular formula is C25H41BrN4O5S. The smallest absolute Gasteiger partial charge is 0.244 e. The van der Waals surface area contributed by atoms with Gasteiger partial charge in [0, 0.05) is 42.8 Å². The van der Waals surface area contributed by atoms with Gasteiger partial charge in [-0.3, -0.25) is 19.3 Å². The van der Waals surface area contributed by atoms with Crippen LogP contribution in [0.25, 0.3) is 0 Å². The van der Waals surface area contributed by atoms with Gasteiger partial charge in [-0.15, -0.1) is 11.8 Å². The van der Waals surface area contributed by atoms with E-state index in [1.807, 2.05) is 6.92 Å². The highest BCUT2D eigenvalue weighted by atomic mass is 79.9. The van der Waals surface area contributed by atoms with E-state index < -0.39 is 28.7 Å². The summed E-state index contributed by atoms with van der Waals surface area (Å²) in [5, 5.41) is 16.4. The molecule has 11 heteroatoms. The second kappa shape index (κ2) is 11.9. The Morgan fingerprint density at radius 2 is 1.92 bits per heavy atom. The number of aliphatic hydroxyl groups excluding tert-OH is 1. The number of thioether (sulfide) groups is 1. The minimum atomic E-state index is -0.713. The van der Waals surface area contributed by atoms with Gasteiger partial charge in [0.15, 0.2) is 0 Å². The number of morpholine rings is 1. The van der Waals surface area contributed by atoms with Crippen LogP contribution in [0.1, 0.15) is 40.0 Å². The molecule has 4 fully saturated rings. The van der Waals surface area contributed by atoms with Crippen molar-refractivity contribution in [1.29, 1.82) is 0 Å². The van der Waals surface area contributed by atoms with Crippen LogP contribution in [-0.4, -0.2) is 112 Å². The maximum atomic E-state index is 14.1. The minimum Gasteiger partial charge on any atom is -0.394 e. The van der Waals surface area contributed by atoms with E-state index in [-0.39, 0.29) is 40.3 Å². The molecule has 0 radical (unpaired) electrons. The van der Waals surface area contributed by atoms with E-state index in [2.05, 4.69) is 45.3 Å². The maximum absolute atomic E-state index is 14.1. The quantitative estimate of drug-likeness (QED) is 0.307. The number of alkyl halides is 1. The van der Waals surface area contributed by atoms with Crippen LogP contribution >= 0.6 is 27.7 Å². The van der Waals surface area contributed by atoms with Crippen LogP contribution in [0.15, 0.2) is 0 Å². The molecule has 36 heavy (non-hydrogen) atoms. The number of ether oxygens (including phenoxy) is 1. The summed E-state index contributed by atoms with van der Waals surface area (Å²) in [6.07, 6.45) is 2.06. The van der Waals surface area contributed by atoms with Gasteiger partial charge in [-0.05, 0) is 25.2 Å². The second-order valence-electron chi connectivity index (χ2n) is 10.9. The van der Waals surface area contributed by atoms with Gasteiger partial charge in [-0.2, -0.15) is 0 Å². The average molecular weight is 590 g/mol. The van der Waals surface area contributed by atoms with Crippen molar-refractivity contribution in [1.82, 2.24) is 20.4 Å². The van der Waals surface area contributed by atoms with Crippen LogP contribution in [0.4, 0.5) is 0 Å². The van der Waals surface area contributed by atoms with E-state index in [1.54, 1.807) is 16.7 Å².